The molecule has 2 aliphatic carbocycles. The number of hydrogen-bond donors (Lipinski definition) is 2. The Hall–Kier alpha value is -7.96. The van der Waals surface area contributed by atoms with Crippen LogP contribution in [0.5, 0.6) is 5.75 Å². The Morgan fingerprint density at radius 3 is 1.98 bits per heavy atom. The number of halogens is 11. The number of nitrogens with zero attached hydrogens (tertiary/aromatic N) is 6. The molecular weight excluding hydrogens is 1470 g/mol. The van der Waals surface area contributed by atoms with Crippen molar-refractivity contribution >= 4 is 85.5 Å². The number of esters is 1. The van der Waals surface area contributed by atoms with Crippen molar-refractivity contribution in [1.82, 2.24) is 35.2 Å². The predicted molar refractivity (Wildman–Crippen MR) is 361 cm³/mol. The maximum absolute atomic E-state index is 15.9. The van der Waals surface area contributed by atoms with Crippen LogP contribution in [0, 0.1) is 36.3 Å². The summed E-state index contributed by atoms with van der Waals surface area (Å²) in [5.74, 6) is -10.7. The average Bonchev–Trinajstić information content (AvgIpc) is 1.52. The lowest BCUT2D eigenvalue weighted by atomic mass is 9.77. The SMILES string of the molecule is CC(=O)[C@@H](CC(=O)OC(C)(C)C)NC(=O)Cc1cc(C)cc(OP(=O)(OC(C)C)OC(C)C)c1C(C)(C)CC(=O)N(c1nn(CC(F)(F)F)c2c(-c3ccc(C#CC(C)(C)S(C)(=O)=O)nc3[C@H](Cc3cc(F)cc(F)c3)NC(=O)Cn3nc(C(F)(F)F)c4c3C(F)(F)[C@@H]3C[C@H]43)ccc(Cl)c12)S(C)(=O)=O. The van der Waals surface area contributed by atoms with E-state index in [1.807, 2.05) is 0 Å². The van der Waals surface area contributed by atoms with Gasteiger partial charge in [0, 0.05) is 52.3 Å². The van der Waals surface area contributed by atoms with Gasteiger partial charge < -0.3 is 19.9 Å². The number of carbonyl (C=O) groups excluding carboxylic acids is 5. The zero-order valence-electron chi connectivity index (χ0n) is 58.9. The lowest BCUT2D eigenvalue weighted by molar-refractivity contribution is -0.156. The number of phosphoric ester groups is 1. The van der Waals surface area contributed by atoms with Crippen LogP contribution < -0.4 is 19.5 Å². The fourth-order valence-corrected chi connectivity index (χ4v) is 15.1. The number of sulfone groups is 1. The molecule has 3 heterocycles. The summed E-state index contributed by atoms with van der Waals surface area (Å²) in [6, 6.07) is 5.74. The minimum atomic E-state index is -5.29. The molecule has 4 atom stereocenters. The lowest BCUT2D eigenvalue weighted by Crippen LogP contribution is -2.43. The maximum atomic E-state index is 15.9. The molecule has 566 valence electrons. The summed E-state index contributed by atoms with van der Waals surface area (Å²) in [6.07, 6.45) is -14.4. The maximum Gasteiger partial charge on any atom is 0.530 e. The number of hydrogen-bond acceptors (Lipinski definition) is 17. The summed E-state index contributed by atoms with van der Waals surface area (Å²) in [6.45, 7) is 15.0. The van der Waals surface area contributed by atoms with E-state index in [9.17, 15) is 53.8 Å². The van der Waals surface area contributed by atoms with Gasteiger partial charge in [0.15, 0.2) is 27.1 Å². The highest BCUT2D eigenvalue weighted by Gasteiger charge is 2.68. The van der Waals surface area contributed by atoms with Gasteiger partial charge in [0.1, 0.15) is 52.2 Å². The van der Waals surface area contributed by atoms with Crippen molar-refractivity contribution in [2.75, 3.05) is 16.8 Å². The fraction of sp³-hybridized carbons (Fsp3) is 0.500. The molecule has 104 heavy (non-hydrogen) atoms. The van der Waals surface area contributed by atoms with E-state index in [4.69, 9.17) is 29.9 Å². The monoisotopic (exact) mass is 1550 g/mol. The number of phosphoric acid groups is 1. The molecule has 0 saturated heterocycles. The van der Waals surface area contributed by atoms with Crippen LogP contribution in [0.25, 0.3) is 22.0 Å². The standard InChI is InChI=1S/C68H76ClF10N8O14PS2/c1-34(2)99-102(93,100-35(3)4)101-50-23-36(5)22-39(27-51(89)81-48(37(6)88)30-54(92)98-63(7,8)9)57(50)64(10,11)31-53(91)87(104(15,96)97)62-56-47(69)19-18-44(59(56)86(84-62)33-66(72,73)74)43-17-16-42(20-21-65(12,13)103(14,94)95)80-58(43)49(26-38-24-40(70)28-41(71)25-38)82-52(90)32-85-61-55(60(83-85)68(77,78)79)45-29-46(45)67(61,75)76/h16-19,22-25,28,34-35,45-46,48-49H,26-27,29-33H2,1-15H3,(H,81,89)(H,82,90)/t45-,46+,48+,49-/m0/s1. The first-order valence-electron chi connectivity index (χ1n) is 32.1. The van der Waals surface area contributed by atoms with Crippen molar-refractivity contribution in [3.8, 4) is 28.7 Å². The van der Waals surface area contributed by atoms with Gasteiger partial charge in [-0.25, -0.2) is 35.2 Å². The van der Waals surface area contributed by atoms with Gasteiger partial charge in [-0.05, 0) is 154 Å². The number of Topliss-reactive ketones (excluding diaryl/α,β-unsaturated/α-hetero) is 1. The van der Waals surface area contributed by atoms with E-state index in [1.165, 1.54) is 74.4 Å². The Bertz CT molecular complexity index is 4760. The Morgan fingerprint density at radius 1 is 0.827 bits per heavy atom. The zero-order valence-corrected chi connectivity index (χ0v) is 62.2. The first-order valence-corrected chi connectivity index (χ1v) is 37.7. The summed E-state index contributed by atoms with van der Waals surface area (Å²) < 4.78 is 243. The average molecular weight is 1550 g/mol. The van der Waals surface area contributed by atoms with Crippen LogP contribution in [0.1, 0.15) is 165 Å². The van der Waals surface area contributed by atoms with E-state index in [-0.39, 0.29) is 48.2 Å². The van der Waals surface area contributed by atoms with Crippen LogP contribution >= 0.6 is 19.4 Å². The van der Waals surface area contributed by atoms with Crippen molar-refractivity contribution in [2.45, 2.75) is 199 Å². The van der Waals surface area contributed by atoms with Gasteiger partial charge in [0.05, 0.1) is 65.0 Å². The number of aromatic nitrogens is 5. The van der Waals surface area contributed by atoms with E-state index < -0.39 is 233 Å². The van der Waals surface area contributed by atoms with Gasteiger partial charge in [-0.3, -0.25) is 42.4 Å². The molecule has 3 aromatic carbocycles. The minimum absolute atomic E-state index is 0.0232. The Morgan fingerprint density at radius 2 is 1.43 bits per heavy atom. The Labute approximate surface area is 598 Å². The molecule has 36 heteroatoms. The van der Waals surface area contributed by atoms with Gasteiger partial charge in [0.2, 0.25) is 27.7 Å². The summed E-state index contributed by atoms with van der Waals surface area (Å²) in [4.78, 5) is 74.8. The number of benzene rings is 3. The van der Waals surface area contributed by atoms with Gasteiger partial charge >= 0.3 is 26.1 Å². The second-order valence-corrected chi connectivity index (χ2v) is 34.6. The number of aryl methyl sites for hydroxylation is 1. The fourth-order valence-electron chi connectivity index (χ4n) is 12.2. The molecule has 3 amide bonds. The number of rotatable bonds is 26. The molecule has 2 N–H and O–H groups in total. The minimum Gasteiger partial charge on any atom is -0.460 e. The summed E-state index contributed by atoms with van der Waals surface area (Å²) in [5.41, 5.74) is -9.29. The number of nitrogens with one attached hydrogen (secondary N) is 2. The van der Waals surface area contributed by atoms with E-state index in [0.29, 0.717) is 17.9 Å². The van der Waals surface area contributed by atoms with Crippen LogP contribution in [0.3, 0.4) is 0 Å². The van der Waals surface area contributed by atoms with Crippen LogP contribution in [0.15, 0.2) is 54.6 Å². The van der Waals surface area contributed by atoms with Crippen molar-refractivity contribution in [3.05, 3.63) is 122 Å². The van der Waals surface area contributed by atoms with Crippen LogP contribution in [-0.2, 0) is 106 Å². The van der Waals surface area contributed by atoms with Crippen molar-refractivity contribution in [2.24, 2.45) is 5.92 Å². The highest BCUT2D eigenvalue weighted by molar-refractivity contribution is 7.93. The lowest BCUT2D eigenvalue weighted by Gasteiger charge is -2.33. The van der Waals surface area contributed by atoms with E-state index in [1.54, 1.807) is 20.8 Å². The number of ether oxygens (including phenoxy) is 1. The van der Waals surface area contributed by atoms with Gasteiger partial charge in [-0.2, -0.15) is 49.6 Å². The first-order chi connectivity index (χ1) is 47.5. The number of anilines is 1. The molecule has 0 bridgehead atoms. The summed E-state index contributed by atoms with van der Waals surface area (Å²) >= 11 is 6.95. The quantitative estimate of drug-likeness (QED) is 0.0221. The number of ketones is 1. The van der Waals surface area contributed by atoms with E-state index >= 15 is 35.5 Å². The Balaban J connectivity index is 1.33. The first kappa shape index (κ1) is 81.7. The van der Waals surface area contributed by atoms with Gasteiger partial charge in [0.25, 0.3) is 5.92 Å². The molecule has 2 aliphatic rings. The third-order valence-electron chi connectivity index (χ3n) is 16.5. The zero-order chi connectivity index (χ0) is 78.1. The summed E-state index contributed by atoms with van der Waals surface area (Å²) in [7, 11) is -13.9. The molecule has 0 spiro atoms. The second kappa shape index (κ2) is 29.4. The molecule has 6 aromatic rings. The number of amides is 3. The van der Waals surface area contributed by atoms with Crippen LogP contribution in [0.4, 0.5) is 49.7 Å². The molecule has 22 nitrogen and oxygen atoms in total. The molecule has 0 unspecified atom stereocenters. The molecule has 0 radical (unpaired) electrons. The van der Waals surface area contributed by atoms with Gasteiger partial charge in [-0.1, -0.05) is 43.5 Å². The second-order valence-electron chi connectivity index (χ2n) is 28.3. The number of fused-ring (bicyclic) bond motifs is 4. The van der Waals surface area contributed by atoms with Gasteiger partial charge in [-0.15, -0.1) is 0 Å². The normalized spacial score (nSPS) is 16.2. The topological polar surface area (TPSA) is 283 Å². The van der Waals surface area contributed by atoms with Crippen LogP contribution in [-0.4, -0.2) is 118 Å². The number of carbonyl (C=O) groups is 5. The Kier molecular flexibility index (Phi) is 23.1. The number of sulfonamides is 1. The largest absolute Gasteiger partial charge is 0.530 e. The summed E-state index contributed by atoms with van der Waals surface area (Å²) in [5, 5.41) is 11.2. The smallest absolute Gasteiger partial charge is 0.460 e. The highest BCUT2D eigenvalue weighted by Crippen LogP contribution is 2.68. The predicted octanol–water partition coefficient (Wildman–Crippen LogP) is 12.9. The molecule has 3 aromatic heterocycles. The van der Waals surface area contributed by atoms with E-state index in [2.05, 4.69) is 37.7 Å². The third kappa shape index (κ3) is 19.0. The highest BCUT2D eigenvalue weighted by atomic mass is 35.5. The number of alkyl halides is 8. The molecule has 1 fully saturated rings. The third-order valence-corrected chi connectivity index (χ3v) is 21.6. The van der Waals surface area contributed by atoms with Crippen molar-refractivity contribution in [1.29, 1.82) is 0 Å². The molecule has 0 aliphatic heterocycles. The van der Waals surface area contributed by atoms with Crippen LogP contribution in [0.2, 0.25) is 5.02 Å². The number of pyridine rings is 1. The molecule has 8 rings (SSSR count). The van der Waals surface area contributed by atoms with Crippen molar-refractivity contribution in [3.63, 3.8) is 0 Å². The van der Waals surface area contributed by atoms with Crippen molar-refractivity contribution < 1.29 is 108 Å². The van der Waals surface area contributed by atoms with E-state index in [0.717, 1.165) is 49.6 Å². The molecular formula is C68H76ClF10N8O14PS2. The molecule has 1 saturated carbocycles.